The molecule has 0 aliphatic heterocycles. The molecule has 0 spiro atoms. The van der Waals surface area contributed by atoms with Gasteiger partial charge in [-0.25, -0.2) is 0 Å². The van der Waals surface area contributed by atoms with Crippen LogP contribution in [0.25, 0.3) is 0 Å². The van der Waals surface area contributed by atoms with Gasteiger partial charge in [-0.2, -0.15) is 0 Å². The van der Waals surface area contributed by atoms with Crippen molar-refractivity contribution < 1.29 is 9.68 Å². The van der Waals surface area contributed by atoms with Crippen molar-refractivity contribution in [1.82, 2.24) is 4.23 Å². The predicted octanol–water partition coefficient (Wildman–Crippen LogP) is 3.42. The zero-order valence-corrected chi connectivity index (χ0v) is 13.3. The minimum Gasteiger partial charge on any atom is -0.536 e. The maximum absolute atomic E-state index is 8.71. The van der Waals surface area contributed by atoms with Gasteiger partial charge in [0.2, 0.25) is 0 Å². The van der Waals surface area contributed by atoms with Crippen LogP contribution < -0.4 is 4.65 Å². The molecular weight excluding hydrogens is 241 g/mol. The van der Waals surface area contributed by atoms with Gasteiger partial charge in [-0.15, -0.1) is 0 Å². The molecule has 0 saturated carbocycles. The highest BCUT2D eigenvalue weighted by Crippen LogP contribution is 2.43. The standard InChI is InChI=1S/C13H25BNO2Si/c1-10(2)18(11(3)4,12(5)6)15-8-7-13(9-15)17-14-16/h7-12,16H,1-6H3. The third-order valence-electron chi connectivity index (χ3n) is 4.08. The van der Waals surface area contributed by atoms with Crippen molar-refractivity contribution >= 4 is 15.9 Å². The predicted molar refractivity (Wildman–Crippen MR) is 79.5 cm³/mol. The normalized spacial score (nSPS) is 12.6. The van der Waals surface area contributed by atoms with Gasteiger partial charge in [0.25, 0.3) is 0 Å². The van der Waals surface area contributed by atoms with Crippen molar-refractivity contribution in [1.29, 1.82) is 0 Å². The zero-order chi connectivity index (χ0) is 13.9. The minimum absolute atomic E-state index is 0.649. The van der Waals surface area contributed by atoms with Crippen LogP contribution in [0.3, 0.4) is 0 Å². The summed E-state index contributed by atoms with van der Waals surface area (Å²) in [5, 5.41) is 8.71. The second kappa shape index (κ2) is 5.98. The second-order valence-electron chi connectivity index (χ2n) is 5.83. The highest BCUT2D eigenvalue weighted by Gasteiger charge is 2.44. The Hall–Kier alpha value is -0.678. The van der Waals surface area contributed by atoms with Crippen molar-refractivity contribution in [2.75, 3.05) is 0 Å². The van der Waals surface area contributed by atoms with Crippen LogP contribution in [0.1, 0.15) is 41.5 Å². The maximum Gasteiger partial charge on any atom is 0.569 e. The molecule has 0 atom stereocenters. The summed E-state index contributed by atoms with van der Waals surface area (Å²) in [6.07, 6.45) is 4.13. The first-order valence-corrected chi connectivity index (χ1v) is 8.86. The van der Waals surface area contributed by atoms with Gasteiger partial charge >= 0.3 is 7.69 Å². The van der Waals surface area contributed by atoms with E-state index >= 15 is 0 Å². The Labute approximate surface area is 113 Å². The van der Waals surface area contributed by atoms with Gasteiger partial charge in [0.05, 0.1) is 0 Å². The van der Waals surface area contributed by atoms with Crippen molar-refractivity contribution in [2.45, 2.75) is 58.2 Å². The lowest BCUT2D eigenvalue weighted by Crippen LogP contribution is -2.51. The van der Waals surface area contributed by atoms with Gasteiger partial charge in [-0.3, -0.25) is 0 Å². The Morgan fingerprint density at radius 2 is 1.61 bits per heavy atom. The van der Waals surface area contributed by atoms with E-state index in [4.69, 9.17) is 9.68 Å². The highest BCUT2D eigenvalue weighted by atomic mass is 28.3. The summed E-state index contributed by atoms with van der Waals surface area (Å²) in [6.45, 7) is 13.9. The molecule has 101 valence electrons. The summed E-state index contributed by atoms with van der Waals surface area (Å²) in [7, 11) is -0.932. The summed E-state index contributed by atoms with van der Waals surface area (Å²) in [5.41, 5.74) is 1.95. The highest BCUT2D eigenvalue weighted by molar-refractivity contribution is 6.82. The Kier molecular flexibility index (Phi) is 5.11. The number of nitrogens with zero attached hydrogens (tertiary/aromatic N) is 1. The second-order valence-corrected chi connectivity index (χ2v) is 11.6. The smallest absolute Gasteiger partial charge is 0.536 e. The van der Waals surface area contributed by atoms with E-state index in [-0.39, 0.29) is 0 Å². The molecule has 0 unspecified atom stereocenters. The van der Waals surface area contributed by atoms with Crippen LogP contribution in [0.4, 0.5) is 0 Å². The molecule has 0 fully saturated rings. The monoisotopic (exact) mass is 266 g/mol. The Morgan fingerprint density at radius 3 is 2.00 bits per heavy atom. The summed E-state index contributed by atoms with van der Waals surface area (Å²) < 4.78 is 7.43. The van der Waals surface area contributed by atoms with E-state index < -0.39 is 8.24 Å². The van der Waals surface area contributed by atoms with Crippen LogP contribution in [0.15, 0.2) is 18.5 Å². The number of hydrogen-bond donors (Lipinski definition) is 1. The lowest BCUT2D eigenvalue weighted by atomic mass is 10.4. The molecule has 1 N–H and O–H groups in total. The van der Waals surface area contributed by atoms with E-state index in [1.807, 2.05) is 12.3 Å². The molecule has 0 aliphatic rings. The van der Waals surface area contributed by atoms with E-state index in [9.17, 15) is 0 Å². The van der Waals surface area contributed by atoms with Crippen LogP contribution in [-0.4, -0.2) is 25.2 Å². The van der Waals surface area contributed by atoms with Gasteiger partial charge in [0.15, 0.2) is 8.24 Å². The average molecular weight is 266 g/mol. The lowest BCUT2D eigenvalue weighted by Gasteiger charge is -2.44. The molecule has 1 rings (SSSR count). The van der Waals surface area contributed by atoms with Crippen LogP contribution in [-0.2, 0) is 0 Å². The number of hydrogen-bond acceptors (Lipinski definition) is 2. The van der Waals surface area contributed by atoms with Gasteiger partial charge in [-0.05, 0) is 28.9 Å². The molecule has 0 aliphatic carbocycles. The fraction of sp³-hybridized carbons (Fsp3) is 0.692. The molecule has 1 aromatic rings. The summed E-state index contributed by atoms with van der Waals surface area (Å²) in [4.78, 5) is 0. The van der Waals surface area contributed by atoms with E-state index in [0.29, 0.717) is 22.4 Å². The van der Waals surface area contributed by atoms with Crippen LogP contribution >= 0.6 is 0 Å². The van der Waals surface area contributed by atoms with E-state index in [0.717, 1.165) is 7.69 Å². The molecule has 1 aromatic heterocycles. The molecule has 3 nitrogen and oxygen atoms in total. The van der Waals surface area contributed by atoms with Crippen molar-refractivity contribution in [3.8, 4) is 5.75 Å². The largest absolute Gasteiger partial charge is 0.569 e. The topological polar surface area (TPSA) is 34.4 Å². The van der Waals surface area contributed by atoms with E-state index in [1.54, 1.807) is 0 Å². The van der Waals surface area contributed by atoms with Crippen molar-refractivity contribution in [3.63, 3.8) is 0 Å². The number of rotatable bonds is 6. The Bertz CT molecular complexity index is 355. The number of aromatic nitrogens is 1. The minimum atomic E-state index is -1.67. The van der Waals surface area contributed by atoms with Crippen LogP contribution in [0.2, 0.25) is 16.6 Å². The third kappa shape index (κ3) is 2.52. The fourth-order valence-corrected chi connectivity index (χ4v) is 10.1. The van der Waals surface area contributed by atoms with Gasteiger partial charge in [0.1, 0.15) is 5.75 Å². The molecule has 0 bridgehead atoms. The molecular formula is C13H25BNO2Si. The summed E-state index contributed by atoms with van der Waals surface area (Å²) in [5.74, 6) is 0.705. The molecule has 0 aromatic carbocycles. The van der Waals surface area contributed by atoms with Crippen LogP contribution in [0.5, 0.6) is 5.75 Å². The molecule has 5 heteroatoms. The van der Waals surface area contributed by atoms with Crippen molar-refractivity contribution in [3.05, 3.63) is 18.5 Å². The molecule has 1 radical (unpaired) electrons. The first-order valence-electron chi connectivity index (χ1n) is 6.68. The first-order chi connectivity index (χ1) is 8.37. The fourth-order valence-electron chi connectivity index (χ4n) is 3.64. The van der Waals surface area contributed by atoms with Crippen LogP contribution in [0, 0.1) is 0 Å². The summed E-state index contributed by atoms with van der Waals surface area (Å²) >= 11 is 0. The average Bonchev–Trinajstić information content (AvgIpc) is 2.66. The molecule has 18 heavy (non-hydrogen) atoms. The van der Waals surface area contributed by atoms with E-state index in [2.05, 4.69) is 52.0 Å². The summed E-state index contributed by atoms with van der Waals surface area (Å²) in [6, 6.07) is 1.92. The molecule has 0 amide bonds. The molecule has 1 heterocycles. The molecule has 0 saturated heterocycles. The first kappa shape index (κ1) is 15.4. The Balaban J connectivity index is 3.24. The lowest BCUT2D eigenvalue weighted by molar-refractivity contribution is 0.454. The third-order valence-corrected chi connectivity index (χ3v) is 10.8. The van der Waals surface area contributed by atoms with E-state index in [1.165, 1.54) is 0 Å². The Morgan fingerprint density at radius 1 is 1.11 bits per heavy atom. The van der Waals surface area contributed by atoms with Gasteiger partial charge in [0, 0.05) is 6.20 Å². The maximum atomic E-state index is 8.71. The van der Waals surface area contributed by atoms with Gasteiger partial charge < -0.3 is 13.9 Å². The van der Waals surface area contributed by atoms with Gasteiger partial charge in [-0.1, -0.05) is 41.5 Å². The quantitative estimate of drug-likeness (QED) is 0.800. The van der Waals surface area contributed by atoms with Crippen molar-refractivity contribution in [2.24, 2.45) is 0 Å². The SMILES string of the molecule is CC(C)[Si](C(C)C)(C(C)C)n1ccc(O[B]O)c1. The zero-order valence-electron chi connectivity index (χ0n) is 12.3.